The van der Waals surface area contributed by atoms with Crippen LogP contribution in [0.2, 0.25) is 0 Å². The number of anilines is 1. The van der Waals surface area contributed by atoms with Crippen LogP contribution < -0.4 is 5.32 Å². The molecule has 0 radical (unpaired) electrons. The molecule has 0 aliphatic rings. The summed E-state index contributed by atoms with van der Waals surface area (Å²) in [6, 6.07) is 12.1. The molecule has 7 nitrogen and oxygen atoms in total. The van der Waals surface area contributed by atoms with Crippen molar-refractivity contribution in [1.29, 1.82) is 0 Å². The summed E-state index contributed by atoms with van der Waals surface area (Å²) in [6.45, 7) is 0. The zero-order valence-corrected chi connectivity index (χ0v) is 11.3. The number of pyridine rings is 2. The third-order valence-electron chi connectivity index (χ3n) is 3.08. The number of hydrogen-bond donors (Lipinski definition) is 1. The number of nitrogens with one attached hydrogen (secondary N) is 1. The number of amides is 1. The average Bonchev–Trinajstić information content (AvgIpc) is 2.54. The highest BCUT2D eigenvalue weighted by Gasteiger charge is 2.17. The fourth-order valence-corrected chi connectivity index (χ4v) is 2.02. The molecule has 0 spiro atoms. The Balaban J connectivity index is 1.92. The number of carbonyl (C=O) groups is 1. The van der Waals surface area contributed by atoms with Gasteiger partial charge in [-0.25, -0.2) is 4.98 Å². The summed E-state index contributed by atoms with van der Waals surface area (Å²) in [5.41, 5.74) is 0.681. The SMILES string of the molecule is O=C(Nc1ccncc1[N+](=O)[O-])c1ccc2ccccc2n1. The first-order chi connectivity index (χ1) is 10.6. The molecule has 0 saturated heterocycles. The van der Waals surface area contributed by atoms with Crippen LogP contribution in [0.3, 0.4) is 0 Å². The molecule has 2 heterocycles. The first-order valence-corrected chi connectivity index (χ1v) is 6.41. The first-order valence-electron chi connectivity index (χ1n) is 6.41. The van der Waals surface area contributed by atoms with Crippen LogP contribution in [0, 0.1) is 10.1 Å². The number of aromatic nitrogens is 2. The minimum Gasteiger partial charge on any atom is -0.315 e. The molecule has 7 heteroatoms. The molecule has 0 aliphatic heterocycles. The third-order valence-corrected chi connectivity index (χ3v) is 3.08. The molecule has 2 aromatic heterocycles. The van der Waals surface area contributed by atoms with Gasteiger partial charge in [0, 0.05) is 11.6 Å². The Labute approximate surface area is 124 Å². The number of benzene rings is 1. The highest BCUT2D eigenvalue weighted by molar-refractivity contribution is 6.05. The van der Waals surface area contributed by atoms with E-state index in [0.29, 0.717) is 5.52 Å². The van der Waals surface area contributed by atoms with E-state index in [1.54, 1.807) is 18.2 Å². The summed E-state index contributed by atoms with van der Waals surface area (Å²) in [4.78, 5) is 30.5. The van der Waals surface area contributed by atoms with Crippen LogP contribution in [-0.4, -0.2) is 20.8 Å². The standard InChI is InChI=1S/C15H10N4O3/c20-15(18-12-7-8-16-9-14(12)19(21)22)13-6-5-10-3-1-2-4-11(10)17-13/h1-9H,(H,16,18,20). The van der Waals surface area contributed by atoms with E-state index in [1.807, 2.05) is 18.2 Å². The second kappa shape index (κ2) is 5.57. The largest absolute Gasteiger partial charge is 0.315 e. The van der Waals surface area contributed by atoms with Crippen LogP contribution in [0.15, 0.2) is 54.9 Å². The molecule has 0 fully saturated rings. The van der Waals surface area contributed by atoms with Gasteiger partial charge >= 0.3 is 5.69 Å². The summed E-state index contributed by atoms with van der Waals surface area (Å²) in [6.07, 6.45) is 2.46. The lowest BCUT2D eigenvalue weighted by Gasteiger charge is -2.06. The fraction of sp³-hybridized carbons (Fsp3) is 0. The van der Waals surface area contributed by atoms with E-state index >= 15 is 0 Å². The van der Waals surface area contributed by atoms with Crippen molar-refractivity contribution in [2.75, 3.05) is 5.32 Å². The number of carbonyl (C=O) groups excluding carboxylic acids is 1. The summed E-state index contributed by atoms with van der Waals surface area (Å²) in [5.74, 6) is -0.514. The summed E-state index contributed by atoms with van der Waals surface area (Å²) in [7, 11) is 0. The number of nitro groups is 1. The van der Waals surface area contributed by atoms with Crippen molar-refractivity contribution in [3.05, 3.63) is 70.7 Å². The van der Waals surface area contributed by atoms with Gasteiger partial charge in [0.1, 0.15) is 17.6 Å². The predicted molar refractivity (Wildman–Crippen MR) is 80.6 cm³/mol. The Morgan fingerprint density at radius 1 is 1.14 bits per heavy atom. The van der Waals surface area contributed by atoms with Crippen LogP contribution in [0.25, 0.3) is 10.9 Å². The molecule has 0 unspecified atom stereocenters. The van der Waals surface area contributed by atoms with E-state index < -0.39 is 10.8 Å². The molecule has 22 heavy (non-hydrogen) atoms. The number of fused-ring (bicyclic) bond motifs is 1. The molecule has 3 aromatic rings. The molecule has 0 aliphatic carbocycles. The Morgan fingerprint density at radius 3 is 2.77 bits per heavy atom. The van der Waals surface area contributed by atoms with E-state index in [4.69, 9.17) is 0 Å². The van der Waals surface area contributed by atoms with Gasteiger partial charge in [0.2, 0.25) is 0 Å². The molecule has 0 bridgehead atoms. The Hall–Kier alpha value is -3.35. The molecule has 1 N–H and O–H groups in total. The van der Waals surface area contributed by atoms with Gasteiger partial charge in [-0.3, -0.25) is 19.9 Å². The van der Waals surface area contributed by atoms with Crippen molar-refractivity contribution in [3.8, 4) is 0 Å². The van der Waals surface area contributed by atoms with Gasteiger partial charge in [0.25, 0.3) is 5.91 Å². The Morgan fingerprint density at radius 2 is 1.95 bits per heavy atom. The third kappa shape index (κ3) is 2.59. The van der Waals surface area contributed by atoms with Crippen molar-refractivity contribution < 1.29 is 9.72 Å². The number of para-hydroxylation sites is 1. The lowest BCUT2D eigenvalue weighted by molar-refractivity contribution is -0.384. The van der Waals surface area contributed by atoms with E-state index in [1.165, 1.54) is 12.3 Å². The first kappa shape index (κ1) is 13.6. The Bertz CT molecular complexity index is 879. The zero-order chi connectivity index (χ0) is 15.5. The number of rotatable bonds is 3. The van der Waals surface area contributed by atoms with Crippen molar-refractivity contribution in [2.45, 2.75) is 0 Å². The van der Waals surface area contributed by atoms with Gasteiger partial charge < -0.3 is 5.32 Å². The molecule has 0 saturated carbocycles. The summed E-state index contributed by atoms with van der Waals surface area (Å²) >= 11 is 0. The van der Waals surface area contributed by atoms with Crippen LogP contribution in [0.4, 0.5) is 11.4 Å². The van der Waals surface area contributed by atoms with E-state index in [-0.39, 0.29) is 17.1 Å². The van der Waals surface area contributed by atoms with E-state index in [9.17, 15) is 14.9 Å². The minimum absolute atomic E-state index is 0.0833. The second-order valence-corrected chi connectivity index (χ2v) is 4.49. The molecule has 1 amide bonds. The Kier molecular flexibility index (Phi) is 3.45. The maximum absolute atomic E-state index is 12.2. The topological polar surface area (TPSA) is 98.0 Å². The zero-order valence-electron chi connectivity index (χ0n) is 11.3. The maximum atomic E-state index is 12.2. The van der Waals surface area contributed by atoms with Crippen molar-refractivity contribution in [3.63, 3.8) is 0 Å². The van der Waals surface area contributed by atoms with Gasteiger partial charge in [-0.2, -0.15) is 0 Å². The van der Waals surface area contributed by atoms with E-state index in [0.717, 1.165) is 11.6 Å². The maximum Gasteiger partial charge on any atom is 0.310 e. The van der Waals surface area contributed by atoms with Gasteiger partial charge in [-0.05, 0) is 18.2 Å². The summed E-state index contributed by atoms with van der Waals surface area (Å²) < 4.78 is 0. The highest BCUT2D eigenvalue weighted by atomic mass is 16.6. The van der Waals surface area contributed by atoms with Crippen molar-refractivity contribution in [2.24, 2.45) is 0 Å². The molecular weight excluding hydrogens is 284 g/mol. The molecule has 3 rings (SSSR count). The number of nitrogens with zero attached hydrogens (tertiary/aromatic N) is 3. The number of hydrogen-bond acceptors (Lipinski definition) is 5. The minimum atomic E-state index is -0.601. The predicted octanol–water partition coefficient (Wildman–Crippen LogP) is 2.79. The lowest BCUT2D eigenvalue weighted by atomic mass is 10.2. The van der Waals surface area contributed by atoms with Gasteiger partial charge in [0.15, 0.2) is 0 Å². The van der Waals surface area contributed by atoms with Crippen molar-refractivity contribution >= 4 is 28.2 Å². The van der Waals surface area contributed by atoms with Crippen LogP contribution >= 0.6 is 0 Å². The van der Waals surface area contributed by atoms with Crippen LogP contribution in [0.1, 0.15) is 10.5 Å². The molecule has 0 atom stereocenters. The van der Waals surface area contributed by atoms with Gasteiger partial charge in [-0.1, -0.05) is 24.3 Å². The average molecular weight is 294 g/mol. The van der Waals surface area contributed by atoms with Crippen molar-refractivity contribution in [1.82, 2.24) is 9.97 Å². The second-order valence-electron chi connectivity index (χ2n) is 4.49. The molecule has 108 valence electrons. The smallest absolute Gasteiger partial charge is 0.310 e. The van der Waals surface area contributed by atoms with Crippen LogP contribution in [-0.2, 0) is 0 Å². The fourth-order valence-electron chi connectivity index (χ4n) is 2.02. The normalized spacial score (nSPS) is 10.4. The van der Waals surface area contributed by atoms with E-state index in [2.05, 4.69) is 15.3 Å². The monoisotopic (exact) mass is 294 g/mol. The molecular formula is C15H10N4O3. The molecule has 1 aromatic carbocycles. The lowest BCUT2D eigenvalue weighted by Crippen LogP contribution is -2.14. The highest BCUT2D eigenvalue weighted by Crippen LogP contribution is 2.22. The summed E-state index contributed by atoms with van der Waals surface area (Å²) in [5, 5.41) is 14.3. The van der Waals surface area contributed by atoms with Crippen LogP contribution in [0.5, 0.6) is 0 Å². The van der Waals surface area contributed by atoms with Gasteiger partial charge in [-0.15, -0.1) is 0 Å². The quantitative estimate of drug-likeness (QED) is 0.591. The van der Waals surface area contributed by atoms with Gasteiger partial charge in [0.05, 0.1) is 10.4 Å².